The first-order valence-electron chi connectivity index (χ1n) is 13.2. The number of phenolic OH excluding ortho intramolecular Hbond substituents is 1. The zero-order valence-corrected chi connectivity index (χ0v) is 23.9. The van der Waals surface area contributed by atoms with Crippen LogP contribution in [0.15, 0.2) is 53.1 Å². The number of ether oxygens (including phenoxy) is 2. The Bertz CT molecular complexity index is 1000. The van der Waals surface area contributed by atoms with Gasteiger partial charge in [-0.25, -0.2) is 4.79 Å². The summed E-state index contributed by atoms with van der Waals surface area (Å²) in [5.41, 5.74) is 3.32. The molecule has 1 aromatic rings. The number of aliphatic hydroxyl groups is 2. The van der Waals surface area contributed by atoms with Gasteiger partial charge in [0.15, 0.2) is 0 Å². The summed E-state index contributed by atoms with van der Waals surface area (Å²) in [4.78, 5) is 22.9. The smallest absolute Gasteiger partial charge is 0.337 e. The lowest BCUT2D eigenvalue weighted by atomic mass is 9.88. The van der Waals surface area contributed by atoms with Gasteiger partial charge in [0.25, 0.3) is 0 Å². The first-order chi connectivity index (χ1) is 17.9. The fraction of sp³-hybridized carbons (Fsp3) is 0.548. The van der Waals surface area contributed by atoms with E-state index in [1.807, 2.05) is 32.9 Å². The molecule has 3 N–H and O–H groups in total. The second-order valence-corrected chi connectivity index (χ2v) is 10.3. The van der Waals surface area contributed by atoms with Crippen LogP contribution in [0.3, 0.4) is 0 Å². The molecule has 0 saturated heterocycles. The molecule has 0 aliphatic heterocycles. The van der Waals surface area contributed by atoms with E-state index < -0.39 is 17.7 Å². The summed E-state index contributed by atoms with van der Waals surface area (Å²) in [6, 6.07) is 4.70. The minimum absolute atomic E-state index is 0.150. The van der Waals surface area contributed by atoms with Crippen molar-refractivity contribution in [1.29, 1.82) is 0 Å². The van der Waals surface area contributed by atoms with E-state index in [1.165, 1.54) is 25.9 Å². The Balaban J connectivity index is 2.46. The van der Waals surface area contributed by atoms with E-state index in [-0.39, 0.29) is 18.1 Å². The summed E-state index contributed by atoms with van der Waals surface area (Å²) in [7, 11) is 2.69. The van der Waals surface area contributed by atoms with Crippen LogP contribution >= 0.6 is 0 Å². The highest BCUT2D eigenvalue weighted by molar-refractivity contribution is 5.89. The normalized spacial score (nSPS) is 15.1. The van der Waals surface area contributed by atoms with Gasteiger partial charge in [-0.05, 0) is 103 Å². The Labute approximate surface area is 227 Å². The lowest BCUT2D eigenvalue weighted by molar-refractivity contribution is -0.139. The first-order valence-corrected chi connectivity index (χ1v) is 13.2. The van der Waals surface area contributed by atoms with Crippen molar-refractivity contribution in [3.05, 3.63) is 64.3 Å². The van der Waals surface area contributed by atoms with Crippen LogP contribution < -0.4 is 0 Å². The molecule has 0 heterocycles. The molecule has 0 amide bonds. The number of esters is 2. The summed E-state index contributed by atoms with van der Waals surface area (Å²) in [6.07, 6.45) is 10.8. The van der Waals surface area contributed by atoms with Gasteiger partial charge in [-0.15, -0.1) is 0 Å². The molecule has 0 bridgehead atoms. The number of phenols is 1. The number of carbonyl (C=O) groups is 2. The number of hydrogen-bond donors (Lipinski definition) is 3. The highest BCUT2D eigenvalue weighted by Crippen LogP contribution is 2.25. The van der Waals surface area contributed by atoms with Gasteiger partial charge in [0.1, 0.15) is 5.75 Å². The van der Waals surface area contributed by atoms with Crippen molar-refractivity contribution in [3.63, 3.8) is 0 Å². The predicted molar refractivity (Wildman–Crippen MR) is 150 cm³/mol. The van der Waals surface area contributed by atoms with Gasteiger partial charge in [-0.2, -0.15) is 0 Å². The van der Waals surface area contributed by atoms with E-state index in [2.05, 4.69) is 10.8 Å². The summed E-state index contributed by atoms with van der Waals surface area (Å²) in [5.74, 6) is -0.555. The van der Waals surface area contributed by atoms with Crippen LogP contribution in [0.25, 0.3) is 0 Å². The molecule has 1 aromatic carbocycles. The van der Waals surface area contributed by atoms with Crippen molar-refractivity contribution in [2.75, 3.05) is 14.2 Å². The number of methoxy groups -OCH3 is 2. The Morgan fingerprint density at radius 2 is 1.63 bits per heavy atom. The molecule has 0 saturated carbocycles. The Kier molecular flexibility index (Phi) is 14.7. The van der Waals surface area contributed by atoms with Crippen molar-refractivity contribution in [3.8, 4) is 5.75 Å². The Morgan fingerprint density at radius 1 is 0.974 bits per heavy atom. The van der Waals surface area contributed by atoms with Crippen molar-refractivity contribution >= 4 is 11.9 Å². The monoisotopic (exact) mass is 530 g/mol. The topological polar surface area (TPSA) is 113 Å². The van der Waals surface area contributed by atoms with E-state index in [1.54, 1.807) is 19.1 Å². The van der Waals surface area contributed by atoms with Crippen molar-refractivity contribution in [2.24, 2.45) is 0 Å². The highest BCUT2D eigenvalue weighted by atomic mass is 16.5. The Hall–Kier alpha value is -2.90. The summed E-state index contributed by atoms with van der Waals surface area (Å²) < 4.78 is 9.37. The quantitative estimate of drug-likeness (QED) is 0.178. The molecule has 212 valence electrons. The minimum Gasteiger partial charge on any atom is -0.508 e. The molecule has 1 rings (SSSR count). The van der Waals surface area contributed by atoms with Gasteiger partial charge in [0.2, 0.25) is 0 Å². The van der Waals surface area contributed by atoms with Gasteiger partial charge in [-0.1, -0.05) is 34.9 Å². The van der Waals surface area contributed by atoms with Crippen LogP contribution in [-0.2, 0) is 20.7 Å². The van der Waals surface area contributed by atoms with E-state index in [4.69, 9.17) is 4.74 Å². The van der Waals surface area contributed by atoms with Gasteiger partial charge in [0.05, 0.1) is 37.9 Å². The van der Waals surface area contributed by atoms with Crippen LogP contribution in [0.4, 0.5) is 0 Å². The molecule has 7 nitrogen and oxygen atoms in total. The number of carbonyl (C=O) groups excluding carboxylic acids is 2. The number of aliphatic hydroxyl groups excluding tert-OH is 1. The van der Waals surface area contributed by atoms with Crippen molar-refractivity contribution < 1.29 is 34.4 Å². The van der Waals surface area contributed by atoms with Crippen LogP contribution in [0.2, 0.25) is 0 Å². The lowest BCUT2D eigenvalue weighted by Gasteiger charge is -2.29. The fourth-order valence-electron chi connectivity index (χ4n) is 4.04. The van der Waals surface area contributed by atoms with Gasteiger partial charge >= 0.3 is 11.9 Å². The summed E-state index contributed by atoms with van der Waals surface area (Å²) in [6.45, 7) is 7.70. The van der Waals surface area contributed by atoms with Crippen LogP contribution in [0.5, 0.6) is 5.75 Å². The summed E-state index contributed by atoms with van der Waals surface area (Å²) >= 11 is 0. The Morgan fingerprint density at radius 3 is 2.29 bits per heavy atom. The van der Waals surface area contributed by atoms with E-state index in [0.29, 0.717) is 36.8 Å². The number of allylic oxidation sites excluding steroid dienone is 5. The second kappa shape index (κ2) is 16.8. The lowest BCUT2D eigenvalue weighted by Crippen LogP contribution is -2.39. The standard InChI is InChI=1S/C31H46O7/c1-22(12-15-25-21-26(30(35)38-6)16-17-27(25)32)9-7-10-23(2)13-18-28(33)31(4,36)20-8-11-24(3)14-19-29(34)37-5/h10,12,14,16-17,21,28,32-33,36H,7-9,11,13,15,18-20H2,1-6H3/b22-12+,23-10+,24-14-/t28-,31+/m0/s1. The highest BCUT2D eigenvalue weighted by Gasteiger charge is 2.29. The fourth-order valence-corrected chi connectivity index (χ4v) is 4.04. The summed E-state index contributed by atoms with van der Waals surface area (Å²) in [5, 5.41) is 31.4. The molecular formula is C31H46O7. The molecule has 0 spiro atoms. The molecule has 0 unspecified atom stereocenters. The third-order valence-electron chi connectivity index (χ3n) is 6.83. The number of benzene rings is 1. The number of rotatable bonds is 16. The van der Waals surface area contributed by atoms with Crippen LogP contribution in [0.1, 0.15) is 95.0 Å². The van der Waals surface area contributed by atoms with Gasteiger partial charge in [-0.3, -0.25) is 4.79 Å². The maximum atomic E-state index is 11.7. The maximum Gasteiger partial charge on any atom is 0.337 e. The van der Waals surface area contributed by atoms with Crippen molar-refractivity contribution in [2.45, 2.75) is 97.2 Å². The third-order valence-corrected chi connectivity index (χ3v) is 6.83. The molecule has 2 atom stereocenters. The second-order valence-electron chi connectivity index (χ2n) is 10.3. The van der Waals surface area contributed by atoms with E-state index in [9.17, 15) is 24.9 Å². The molecule has 0 aromatic heterocycles. The van der Waals surface area contributed by atoms with Gasteiger partial charge in [0, 0.05) is 0 Å². The predicted octanol–water partition coefficient (Wildman–Crippen LogP) is 5.97. The largest absolute Gasteiger partial charge is 0.508 e. The molecule has 7 heteroatoms. The molecule has 0 aliphatic carbocycles. The molecule has 0 radical (unpaired) electrons. The van der Waals surface area contributed by atoms with Crippen molar-refractivity contribution in [1.82, 2.24) is 0 Å². The molecule has 0 fully saturated rings. The van der Waals surface area contributed by atoms with Gasteiger partial charge < -0.3 is 24.8 Å². The number of hydrogen-bond acceptors (Lipinski definition) is 7. The first kappa shape index (κ1) is 33.1. The van der Waals surface area contributed by atoms with E-state index >= 15 is 0 Å². The average molecular weight is 531 g/mol. The average Bonchev–Trinajstić information content (AvgIpc) is 2.89. The molecule has 0 aliphatic rings. The molecule has 38 heavy (non-hydrogen) atoms. The maximum absolute atomic E-state index is 11.7. The minimum atomic E-state index is -1.17. The zero-order valence-electron chi connectivity index (χ0n) is 23.9. The molecular weight excluding hydrogens is 484 g/mol. The van der Waals surface area contributed by atoms with Crippen LogP contribution in [-0.4, -0.2) is 53.2 Å². The van der Waals surface area contributed by atoms with E-state index in [0.717, 1.165) is 36.8 Å². The van der Waals surface area contributed by atoms with Crippen LogP contribution in [0, 0.1) is 0 Å². The number of aromatic hydroxyl groups is 1. The SMILES string of the molecule is COC(=O)C/C=C(/C)CCC[C@@](C)(O)[C@@H](O)CC/C(C)=C/CC/C(C)=C/Cc1cc(C(=O)OC)ccc1O. The zero-order chi connectivity index (χ0) is 28.7. The third kappa shape index (κ3) is 12.6.